The highest BCUT2D eigenvalue weighted by Gasteiger charge is 2.12. The van der Waals surface area contributed by atoms with Gasteiger partial charge in [0.15, 0.2) is 0 Å². The third-order valence-corrected chi connectivity index (χ3v) is 2.20. The molecule has 1 rings (SSSR count). The Balaban J connectivity index is 3.21. The van der Waals surface area contributed by atoms with E-state index in [0.717, 1.165) is 17.8 Å². The molecule has 0 aliphatic rings. The Kier molecular flexibility index (Phi) is 3.77. The number of hydrogen-bond donors (Lipinski definition) is 1. The number of methoxy groups -OCH3 is 1. The highest BCUT2D eigenvalue weighted by molar-refractivity contribution is 6.33. The largest absolute Gasteiger partial charge is 0.465 e. The van der Waals surface area contributed by atoms with Crippen molar-refractivity contribution in [3.63, 3.8) is 0 Å². The van der Waals surface area contributed by atoms with Gasteiger partial charge in [0.2, 0.25) is 0 Å². The van der Waals surface area contributed by atoms with Crippen LogP contribution in [0.1, 0.15) is 22.8 Å². The van der Waals surface area contributed by atoms with Crippen LogP contribution in [-0.2, 0) is 4.74 Å². The van der Waals surface area contributed by atoms with Gasteiger partial charge in [-0.15, -0.1) is 0 Å². The van der Waals surface area contributed by atoms with E-state index in [1.54, 1.807) is 6.07 Å². The fourth-order valence-corrected chi connectivity index (χ4v) is 1.43. The number of hydrogen-bond acceptors (Lipinski definition) is 3. The first-order valence-corrected chi connectivity index (χ1v) is 4.82. The Morgan fingerprint density at radius 1 is 1.53 bits per heavy atom. The third kappa shape index (κ3) is 2.52. The van der Waals surface area contributed by atoms with Gasteiger partial charge in [-0.2, -0.15) is 0 Å². The fraction of sp³-hybridized carbons (Fsp3) is 0.364. The summed E-state index contributed by atoms with van der Waals surface area (Å²) >= 11 is 0. The summed E-state index contributed by atoms with van der Waals surface area (Å²) in [5.41, 5.74) is 2.79. The van der Waals surface area contributed by atoms with Gasteiger partial charge in [0.05, 0.1) is 12.7 Å². The third-order valence-electron chi connectivity index (χ3n) is 2.20. The molecule has 0 aromatic heterocycles. The molecule has 15 heavy (non-hydrogen) atoms. The van der Waals surface area contributed by atoms with E-state index in [9.17, 15) is 4.79 Å². The van der Waals surface area contributed by atoms with E-state index in [2.05, 4.69) is 10.1 Å². The number of rotatable bonds is 3. The van der Waals surface area contributed by atoms with Crippen molar-refractivity contribution in [1.29, 1.82) is 0 Å². The zero-order valence-corrected chi connectivity index (χ0v) is 9.26. The van der Waals surface area contributed by atoms with Crippen LogP contribution in [0.5, 0.6) is 0 Å². The SMILES string of the molecule is [B]c1cc(NCC)c(C)c(C(=O)OC)c1. The van der Waals surface area contributed by atoms with Gasteiger partial charge in [-0.05, 0) is 25.5 Å². The van der Waals surface area contributed by atoms with E-state index < -0.39 is 0 Å². The van der Waals surface area contributed by atoms with Gasteiger partial charge in [-0.25, -0.2) is 4.79 Å². The van der Waals surface area contributed by atoms with Crippen molar-refractivity contribution in [3.8, 4) is 0 Å². The van der Waals surface area contributed by atoms with Gasteiger partial charge in [-0.1, -0.05) is 11.5 Å². The number of esters is 1. The second-order valence-corrected chi connectivity index (χ2v) is 3.26. The molecular weight excluding hydrogens is 189 g/mol. The molecular formula is C11H14BNO2. The molecule has 0 saturated carbocycles. The Morgan fingerprint density at radius 3 is 2.73 bits per heavy atom. The maximum Gasteiger partial charge on any atom is 0.338 e. The first kappa shape index (κ1) is 11.6. The molecule has 1 N–H and O–H groups in total. The smallest absolute Gasteiger partial charge is 0.338 e. The summed E-state index contributed by atoms with van der Waals surface area (Å²) in [4.78, 5) is 11.4. The number of ether oxygens (including phenoxy) is 1. The van der Waals surface area contributed by atoms with Crippen LogP contribution in [0.3, 0.4) is 0 Å². The number of carbonyl (C=O) groups excluding carboxylic acids is 1. The molecule has 0 saturated heterocycles. The van der Waals surface area contributed by atoms with E-state index in [1.807, 2.05) is 19.9 Å². The fourth-order valence-electron chi connectivity index (χ4n) is 1.43. The summed E-state index contributed by atoms with van der Waals surface area (Å²) in [5.74, 6) is -0.362. The minimum Gasteiger partial charge on any atom is -0.465 e. The average Bonchev–Trinajstić information content (AvgIpc) is 2.22. The number of carbonyl (C=O) groups is 1. The molecule has 0 amide bonds. The summed E-state index contributed by atoms with van der Waals surface area (Å²) in [6.07, 6.45) is 0. The summed E-state index contributed by atoms with van der Waals surface area (Å²) < 4.78 is 4.68. The average molecular weight is 203 g/mol. The highest BCUT2D eigenvalue weighted by Crippen LogP contribution is 2.17. The maximum atomic E-state index is 11.4. The van der Waals surface area contributed by atoms with Gasteiger partial charge in [0.1, 0.15) is 7.85 Å². The van der Waals surface area contributed by atoms with E-state index in [-0.39, 0.29) is 5.97 Å². The van der Waals surface area contributed by atoms with Crippen LogP contribution in [-0.4, -0.2) is 27.5 Å². The molecule has 4 heteroatoms. The van der Waals surface area contributed by atoms with Gasteiger partial charge in [0.25, 0.3) is 0 Å². The van der Waals surface area contributed by atoms with E-state index in [0.29, 0.717) is 11.0 Å². The van der Waals surface area contributed by atoms with E-state index in [4.69, 9.17) is 7.85 Å². The zero-order valence-electron chi connectivity index (χ0n) is 9.26. The highest BCUT2D eigenvalue weighted by atomic mass is 16.5. The summed E-state index contributed by atoms with van der Waals surface area (Å²) in [5, 5.41) is 3.15. The molecule has 0 aliphatic carbocycles. The molecule has 0 aliphatic heterocycles. The summed E-state index contributed by atoms with van der Waals surface area (Å²) in [6.45, 7) is 4.63. The normalized spacial score (nSPS) is 9.80. The second-order valence-electron chi connectivity index (χ2n) is 3.26. The molecule has 1 aromatic rings. The molecule has 0 heterocycles. The van der Waals surface area contributed by atoms with Crippen molar-refractivity contribution >= 4 is 25.0 Å². The van der Waals surface area contributed by atoms with E-state index in [1.165, 1.54) is 7.11 Å². The van der Waals surface area contributed by atoms with Crippen LogP contribution in [0.15, 0.2) is 12.1 Å². The van der Waals surface area contributed by atoms with Crippen molar-refractivity contribution in [1.82, 2.24) is 0 Å². The lowest BCUT2D eigenvalue weighted by molar-refractivity contribution is 0.0600. The summed E-state index contributed by atoms with van der Waals surface area (Å²) in [7, 11) is 7.06. The minimum absolute atomic E-state index is 0.362. The van der Waals surface area contributed by atoms with Gasteiger partial charge >= 0.3 is 5.97 Å². The molecule has 0 unspecified atom stereocenters. The maximum absolute atomic E-state index is 11.4. The van der Waals surface area contributed by atoms with Gasteiger partial charge < -0.3 is 10.1 Å². The predicted octanol–water partition coefficient (Wildman–Crippen LogP) is 1.01. The molecule has 0 bridgehead atoms. The van der Waals surface area contributed by atoms with Gasteiger partial charge in [-0.3, -0.25) is 0 Å². The molecule has 0 atom stereocenters. The van der Waals surface area contributed by atoms with Crippen molar-refractivity contribution < 1.29 is 9.53 Å². The first-order chi connectivity index (χ1) is 7.10. The summed E-state index contributed by atoms with van der Waals surface area (Å²) in [6, 6.07) is 3.44. The first-order valence-electron chi connectivity index (χ1n) is 4.82. The van der Waals surface area contributed by atoms with Crippen LogP contribution in [0.4, 0.5) is 5.69 Å². The van der Waals surface area contributed by atoms with Crippen molar-refractivity contribution in [2.45, 2.75) is 13.8 Å². The van der Waals surface area contributed by atoms with Crippen LogP contribution in [0, 0.1) is 6.92 Å². The number of benzene rings is 1. The Labute approximate surface area is 91.2 Å². The van der Waals surface area contributed by atoms with E-state index >= 15 is 0 Å². The number of anilines is 1. The Hall–Kier alpha value is -1.45. The molecule has 0 fully saturated rings. The lowest BCUT2D eigenvalue weighted by Crippen LogP contribution is -2.14. The molecule has 78 valence electrons. The number of nitrogens with one attached hydrogen (secondary N) is 1. The Morgan fingerprint density at radius 2 is 2.20 bits per heavy atom. The van der Waals surface area contributed by atoms with Crippen LogP contribution < -0.4 is 10.8 Å². The predicted molar refractivity (Wildman–Crippen MR) is 62.1 cm³/mol. The molecule has 3 nitrogen and oxygen atoms in total. The lowest BCUT2D eigenvalue weighted by Gasteiger charge is -2.12. The van der Waals surface area contributed by atoms with Crippen LogP contribution in [0.25, 0.3) is 0 Å². The van der Waals surface area contributed by atoms with Crippen molar-refractivity contribution in [2.24, 2.45) is 0 Å². The zero-order chi connectivity index (χ0) is 11.4. The molecule has 2 radical (unpaired) electrons. The quantitative estimate of drug-likeness (QED) is 0.588. The topological polar surface area (TPSA) is 38.3 Å². The lowest BCUT2D eigenvalue weighted by atomic mass is 9.91. The standard InChI is InChI=1S/C11H14BNO2/c1-4-13-10-6-8(12)5-9(7(10)2)11(14)15-3/h5-6,13H,4H2,1-3H3. The monoisotopic (exact) mass is 203 g/mol. The van der Waals surface area contributed by atoms with Crippen LogP contribution >= 0.6 is 0 Å². The molecule has 1 aromatic carbocycles. The molecule has 0 spiro atoms. The van der Waals surface area contributed by atoms with Crippen molar-refractivity contribution in [2.75, 3.05) is 19.0 Å². The van der Waals surface area contributed by atoms with Crippen LogP contribution in [0.2, 0.25) is 0 Å². The minimum atomic E-state index is -0.362. The van der Waals surface area contributed by atoms with Gasteiger partial charge in [0, 0.05) is 12.2 Å². The second kappa shape index (κ2) is 4.87. The van der Waals surface area contributed by atoms with Crippen molar-refractivity contribution in [3.05, 3.63) is 23.3 Å². The Bertz CT molecular complexity index is 377.